The molecular weight excluding hydrogens is 346 g/mol. The Labute approximate surface area is 149 Å². The SMILES string of the molecule is NC1=C(C(=O)NC2CCCN(c3ncccc3Cl)C2)NC(=O)CC1=O. The summed E-state index contributed by atoms with van der Waals surface area (Å²) in [7, 11) is 0. The van der Waals surface area contributed by atoms with Crippen molar-refractivity contribution in [2.75, 3.05) is 18.0 Å². The van der Waals surface area contributed by atoms with Gasteiger partial charge in [0.25, 0.3) is 5.91 Å². The summed E-state index contributed by atoms with van der Waals surface area (Å²) in [5, 5.41) is 5.74. The van der Waals surface area contributed by atoms with Gasteiger partial charge in [0, 0.05) is 25.3 Å². The van der Waals surface area contributed by atoms with Crippen molar-refractivity contribution in [1.29, 1.82) is 0 Å². The molecule has 1 saturated heterocycles. The molecule has 8 nitrogen and oxygen atoms in total. The molecule has 2 aliphatic heterocycles. The highest BCUT2D eigenvalue weighted by atomic mass is 35.5. The van der Waals surface area contributed by atoms with Crippen molar-refractivity contribution in [2.24, 2.45) is 5.73 Å². The molecule has 2 aliphatic rings. The lowest BCUT2D eigenvalue weighted by atomic mass is 10.0. The smallest absolute Gasteiger partial charge is 0.270 e. The number of allylic oxidation sites excluding steroid dienone is 1. The standard InChI is InChI=1S/C16H18ClN5O3/c17-10-4-1-5-19-15(10)22-6-2-3-9(8-22)20-16(25)14-13(18)11(23)7-12(24)21-14/h1,4-5,9H,2-3,6-8,18H2,(H,20,25)(H,21,24). The van der Waals surface area contributed by atoms with Crippen LogP contribution in [-0.2, 0) is 14.4 Å². The van der Waals surface area contributed by atoms with Gasteiger partial charge in [0.2, 0.25) is 5.91 Å². The number of carbonyl (C=O) groups is 3. The Morgan fingerprint density at radius 2 is 2.24 bits per heavy atom. The summed E-state index contributed by atoms with van der Waals surface area (Å²) >= 11 is 6.18. The molecule has 3 rings (SSSR count). The second kappa shape index (κ2) is 7.10. The predicted octanol–water partition coefficient (Wildman–Crippen LogP) is 0.0793. The van der Waals surface area contributed by atoms with Gasteiger partial charge in [0.1, 0.15) is 17.2 Å². The number of nitrogens with two attached hydrogens (primary N) is 1. The number of nitrogens with zero attached hydrogens (tertiary/aromatic N) is 2. The zero-order chi connectivity index (χ0) is 18.0. The Hall–Kier alpha value is -2.61. The second-order valence-corrected chi connectivity index (χ2v) is 6.41. The van der Waals surface area contributed by atoms with E-state index in [1.807, 2.05) is 4.90 Å². The number of Topliss-reactive ketones (excluding diaryl/α,β-unsaturated/α-hetero) is 1. The molecule has 0 bridgehead atoms. The zero-order valence-electron chi connectivity index (χ0n) is 13.4. The van der Waals surface area contributed by atoms with Crippen LogP contribution in [0.4, 0.5) is 5.82 Å². The maximum absolute atomic E-state index is 12.4. The largest absolute Gasteiger partial charge is 0.394 e. The van der Waals surface area contributed by atoms with Crippen molar-refractivity contribution in [3.05, 3.63) is 34.7 Å². The molecule has 1 unspecified atom stereocenters. The molecule has 0 spiro atoms. The Morgan fingerprint density at radius 1 is 1.44 bits per heavy atom. The molecule has 1 aromatic heterocycles. The van der Waals surface area contributed by atoms with Crippen molar-refractivity contribution < 1.29 is 14.4 Å². The highest BCUT2D eigenvalue weighted by molar-refractivity contribution is 6.32. The topological polar surface area (TPSA) is 117 Å². The number of amides is 2. The third-order valence-electron chi connectivity index (χ3n) is 4.18. The molecule has 0 radical (unpaired) electrons. The van der Waals surface area contributed by atoms with Crippen molar-refractivity contribution in [3.63, 3.8) is 0 Å². The lowest BCUT2D eigenvalue weighted by Crippen LogP contribution is -2.51. The van der Waals surface area contributed by atoms with Crippen LogP contribution >= 0.6 is 11.6 Å². The third kappa shape index (κ3) is 3.74. The van der Waals surface area contributed by atoms with Gasteiger partial charge in [-0.15, -0.1) is 0 Å². The zero-order valence-corrected chi connectivity index (χ0v) is 14.2. The molecule has 1 aromatic rings. The van der Waals surface area contributed by atoms with Crippen molar-refractivity contribution in [2.45, 2.75) is 25.3 Å². The Kier molecular flexibility index (Phi) is 4.89. The molecule has 9 heteroatoms. The summed E-state index contributed by atoms with van der Waals surface area (Å²) in [6, 6.07) is 3.35. The normalized spacial score (nSPS) is 21.2. The first-order valence-corrected chi connectivity index (χ1v) is 8.32. The molecular formula is C16H18ClN5O3. The van der Waals surface area contributed by atoms with Gasteiger partial charge in [0.05, 0.1) is 11.4 Å². The summed E-state index contributed by atoms with van der Waals surface area (Å²) in [4.78, 5) is 41.8. The minimum atomic E-state index is -0.558. The first-order valence-electron chi connectivity index (χ1n) is 7.95. The summed E-state index contributed by atoms with van der Waals surface area (Å²) in [6.07, 6.45) is 2.94. The molecule has 25 heavy (non-hydrogen) atoms. The number of ketones is 1. The molecule has 0 aromatic carbocycles. The van der Waals surface area contributed by atoms with Crippen molar-refractivity contribution in [1.82, 2.24) is 15.6 Å². The lowest BCUT2D eigenvalue weighted by molar-refractivity contribution is -0.129. The maximum Gasteiger partial charge on any atom is 0.270 e. The molecule has 2 amide bonds. The van der Waals surface area contributed by atoms with Crippen LogP contribution in [0.2, 0.25) is 5.02 Å². The van der Waals surface area contributed by atoms with E-state index in [9.17, 15) is 14.4 Å². The number of hydrogen-bond donors (Lipinski definition) is 3. The van der Waals surface area contributed by atoms with Gasteiger partial charge in [-0.3, -0.25) is 14.4 Å². The van der Waals surface area contributed by atoms with Gasteiger partial charge in [-0.1, -0.05) is 11.6 Å². The quantitative estimate of drug-likeness (QED) is 0.655. The van der Waals surface area contributed by atoms with E-state index in [1.165, 1.54) is 0 Å². The van der Waals surface area contributed by atoms with Crippen LogP contribution in [0.1, 0.15) is 19.3 Å². The van der Waals surface area contributed by atoms with Crippen LogP contribution in [0.15, 0.2) is 29.7 Å². The van der Waals surface area contributed by atoms with Gasteiger partial charge in [-0.2, -0.15) is 0 Å². The Balaban J connectivity index is 1.70. The number of nitrogens with one attached hydrogen (secondary N) is 2. The van der Waals surface area contributed by atoms with E-state index < -0.39 is 17.6 Å². The molecule has 4 N–H and O–H groups in total. The number of rotatable bonds is 3. The summed E-state index contributed by atoms with van der Waals surface area (Å²) < 4.78 is 0. The minimum absolute atomic E-state index is 0.172. The fourth-order valence-corrected chi connectivity index (χ4v) is 3.21. The van der Waals surface area contributed by atoms with E-state index in [0.29, 0.717) is 17.4 Å². The van der Waals surface area contributed by atoms with Crippen LogP contribution < -0.4 is 21.3 Å². The van der Waals surface area contributed by atoms with Gasteiger partial charge < -0.3 is 21.3 Å². The van der Waals surface area contributed by atoms with Crippen LogP contribution in [-0.4, -0.2) is 41.7 Å². The first-order chi connectivity index (χ1) is 12.0. The lowest BCUT2D eigenvalue weighted by Gasteiger charge is -2.34. The van der Waals surface area contributed by atoms with E-state index in [-0.39, 0.29) is 23.9 Å². The predicted molar refractivity (Wildman–Crippen MR) is 91.6 cm³/mol. The van der Waals surface area contributed by atoms with E-state index in [2.05, 4.69) is 15.6 Å². The number of hydrogen-bond acceptors (Lipinski definition) is 6. The molecule has 1 fully saturated rings. The Morgan fingerprint density at radius 3 is 3.00 bits per heavy atom. The van der Waals surface area contributed by atoms with E-state index in [0.717, 1.165) is 19.4 Å². The number of halogens is 1. The van der Waals surface area contributed by atoms with E-state index in [1.54, 1.807) is 18.3 Å². The molecule has 0 saturated carbocycles. The fourth-order valence-electron chi connectivity index (χ4n) is 2.97. The average molecular weight is 364 g/mol. The molecule has 132 valence electrons. The second-order valence-electron chi connectivity index (χ2n) is 6.00. The van der Waals surface area contributed by atoms with Crippen LogP contribution in [0.25, 0.3) is 0 Å². The van der Waals surface area contributed by atoms with Gasteiger partial charge in [-0.05, 0) is 25.0 Å². The average Bonchev–Trinajstić information content (AvgIpc) is 2.58. The maximum atomic E-state index is 12.4. The number of aromatic nitrogens is 1. The minimum Gasteiger partial charge on any atom is -0.394 e. The summed E-state index contributed by atoms with van der Waals surface area (Å²) in [6.45, 7) is 1.31. The highest BCUT2D eigenvalue weighted by Gasteiger charge is 2.30. The van der Waals surface area contributed by atoms with Gasteiger partial charge >= 0.3 is 0 Å². The molecule has 0 aliphatic carbocycles. The molecule has 3 heterocycles. The number of pyridine rings is 1. The first kappa shape index (κ1) is 17.2. The summed E-state index contributed by atoms with van der Waals surface area (Å²) in [5.74, 6) is -0.963. The van der Waals surface area contributed by atoms with E-state index in [4.69, 9.17) is 17.3 Å². The van der Waals surface area contributed by atoms with Crippen molar-refractivity contribution >= 4 is 35.0 Å². The number of piperidine rings is 1. The number of anilines is 1. The highest BCUT2D eigenvalue weighted by Crippen LogP contribution is 2.25. The number of carbonyl (C=O) groups excluding carboxylic acids is 3. The Bertz CT molecular complexity index is 764. The fraction of sp³-hybridized carbons (Fsp3) is 0.375. The van der Waals surface area contributed by atoms with Crippen LogP contribution in [0, 0.1) is 0 Å². The van der Waals surface area contributed by atoms with Gasteiger partial charge in [-0.25, -0.2) is 4.98 Å². The molecule has 1 atom stereocenters. The summed E-state index contributed by atoms with van der Waals surface area (Å²) in [5.41, 5.74) is 5.26. The third-order valence-corrected chi connectivity index (χ3v) is 4.47. The van der Waals surface area contributed by atoms with Gasteiger partial charge in [0.15, 0.2) is 5.78 Å². The van der Waals surface area contributed by atoms with Crippen LogP contribution in [0.3, 0.4) is 0 Å². The monoisotopic (exact) mass is 363 g/mol. The van der Waals surface area contributed by atoms with E-state index >= 15 is 0 Å². The van der Waals surface area contributed by atoms with Crippen LogP contribution in [0.5, 0.6) is 0 Å². The van der Waals surface area contributed by atoms with Crippen molar-refractivity contribution in [3.8, 4) is 0 Å².